The summed E-state index contributed by atoms with van der Waals surface area (Å²) in [6, 6.07) is 16.1. The Labute approximate surface area is 119 Å². The Hall–Kier alpha value is -1.84. The first kappa shape index (κ1) is 13.2. The van der Waals surface area contributed by atoms with Crippen LogP contribution in [0.2, 0.25) is 0 Å². The lowest BCUT2D eigenvalue weighted by molar-refractivity contribution is 0.0423. The van der Waals surface area contributed by atoms with Gasteiger partial charge in [0.2, 0.25) is 0 Å². The summed E-state index contributed by atoms with van der Waals surface area (Å²) in [5, 5.41) is 10.8. The van der Waals surface area contributed by atoms with Gasteiger partial charge in [-0.3, -0.25) is 4.90 Å². The lowest BCUT2D eigenvalue weighted by atomic mass is 9.87. The van der Waals surface area contributed by atoms with Gasteiger partial charge in [0.15, 0.2) is 0 Å². The number of fused-ring (bicyclic) bond motifs is 1. The van der Waals surface area contributed by atoms with E-state index in [0.717, 1.165) is 29.0 Å². The van der Waals surface area contributed by atoms with Crippen LogP contribution < -0.4 is 4.74 Å². The molecule has 3 nitrogen and oxygen atoms in total. The fourth-order valence-electron chi connectivity index (χ4n) is 2.98. The Bertz CT molecular complexity index is 597. The topological polar surface area (TPSA) is 32.7 Å². The third-order valence-electron chi connectivity index (χ3n) is 4.01. The number of likely N-dealkylation sites (N-methyl/N-ethyl adjacent to an activating group) is 1. The van der Waals surface area contributed by atoms with Crippen LogP contribution in [-0.4, -0.2) is 24.2 Å². The molecule has 0 aromatic heterocycles. The first-order valence-corrected chi connectivity index (χ1v) is 6.81. The number of hydrogen-bond donors (Lipinski definition) is 1. The van der Waals surface area contributed by atoms with Crippen molar-refractivity contribution >= 4 is 0 Å². The predicted octanol–water partition coefficient (Wildman–Crippen LogP) is 2.92. The van der Waals surface area contributed by atoms with Crippen LogP contribution in [0, 0.1) is 0 Å². The van der Waals surface area contributed by atoms with Gasteiger partial charge >= 0.3 is 0 Å². The molecule has 0 bridgehead atoms. The molecule has 3 rings (SSSR count). The zero-order chi connectivity index (χ0) is 14.1. The third kappa shape index (κ3) is 2.19. The molecule has 3 heteroatoms. The van der Waals surface area contributed by atoms with Gasteiger partial charge in [-0.15, -0.1) is 0 Å². The minimum Gasteiger partial charge on any atom is -0.497 e. The van der Waals surface area contributed by atoms with Crippen LogP contribution in [0.3, 0.4) is 0 Å². The second-order valence-electron chi connectivity index (χ2n) is 5.28. The van der Waals surface area contributed by atoms with Gasteiger partial charge in [-0.05, 0) is 35.9 Å². The van der Waals surface area contributed by atoms with Crippen LogP contribution in [-0.2, 0) is 6.54 Å². The molecule has 2 aromatic carbocycles. The van der Waals surface area contributed by atoms with Crippen molar-refractivity contribution in [2.45, 2.75) is 18.7 Å². The van der Waals surface area contributed by atoms with E-state index in [0.29, 0.717) is 0 Å². The highest BCUT2D eigenvalue weighted by Gasteiger charge is 2.33. The molecule has 0 unspecified atom stereocenters. The number of aliphatic hydroxyl groups excluding tert-OH is 1. The summed E-state index contributed by atoms with van der Waals surface area (Å²) in [5.74, 6) is 0.791. The SMILES string of the molecule is COc1ccc2c(c1)[C@H](O)[C@@H](c1ccccc1)N(C)C2. The van der Waals surface area contributed by atoms with Crippen molar-refractivity contribution in [2.75, 3.05) is 14.2 Å². The van der Waals surface area contributed by atoms with Crippen LogP contribution in [0.4, 0.5) is 0 Å². The average molecular weight is 269 g/mol. The van der Waals surface area contributed by atoms with Gasteiger partial charge in [0.05, 0.1) is 19.3 Å². The molecule has 0 amide bonds. The fourth-order valence-corrected chi connectivity index (χ4v) is 2.98. The molecular weight excluding hydrogens is 250 g/mol. The second kappa shape index (κ2) is 5.27. The molecular formula is C17H19NO2. The first-order valence-electron chi connectivity index (χ1n) is 6.81. The quantitative estimate of drug-likeness (QED) is 0.910. The van der Waals surface area contributed by atoms with Gasteiger partial charge in [0.1, 0.15) is 5.75 Å². The Morgan fingerprint density at radius 2 is 1.90 bits per heavy atom. The van der Waals surface area contributed by atoms with E-state index in [4.69, 9.17) is 4.74 Å². The molecule has 1 N–H and O–H groups in total. The van der Waals surface area contributed by atoms with Gasteiger partial charge in [-0.25, -0.2) is 0 Å². The van der Waals surface area contributed by atoms with Crippen molar-refractivity contribution in [3.63, 3.8) is 0 Å². The minimum absolute atomic E-state index is 0.0178. The van der Waals surface area contributed by atoms with E-state index in [9.17, 15) is 5.11 Å². The van der Waals surface area contributed by atoms with Crippen molar-refractivity contribution in [3.05, 3.63) is 65.2 Å². The minimum atomic E-state index is -0.541. The molecule has 0 spiro atoms. The smallest absolute Gasteiger partial charge is 0.119 e. The maximum Gasteiger partial charge on any atom is 0.119 e. The molecule has 2 atom stereocenters. The summed E-state index contributed by atoms with van der Waals surface area (Å²) in [6.45, 7) is 0.829. The van der Waals surface area contributed by atoms with E-state index in [2.05, 4.69) is 17.0 Å². The molecule has 1 heterocycles. The highest BCUT2D eigenvalue weighted by Crippen LogP contribution is 2.41. The first-order chi connectivity index (χ1) is 9.70. The van der Waals surface area contributed by atoms with Gasteiger partial charge in [0, 0.05) is 6.54 Å². The molecule has 0 aliphatic carbocycles. The summed E-state index contributed by atoms with van der Waals surface area (Å²) >= 11 is 0. The monoisotopic (exact) mass is 269 g/mol. The molecule has 1 aliphatic heterocycles. The van der Waals surface area contributed by atoms with Gasteiger partial charge in [-0.1, -0.05) is 36.4 Å². The number of methoxy groups -OCH3 is 1. The van der Waals surface area contributed by atoms with E-state index in [1.54, 1.807) is 7.11 Å². The van der Waals surface area contributed by atoms with Crippen LogP contribution in [0.15, 0.2) is 48.5 Å². The maximum absolute atomic E-state index is 10.8. The number of ether oxygens (including phenoxy) is 1. The largest absolute Gasteiger partial charge is 0.497 e. The van der Waals surface area contributed by atoms with Gasteiger partial charge in [0.25, 0.3) is 0 Å². The highest BCUT2D eigenvalue weighted by atomic mass is 16.5. The Balaban J connectivity index is 2.03. The van der Waals surface area contributed by atoms with Crippen molar-refractivity contribution in [2.24, 2.45) is 0 Å². The normalized spacial score (nSPS) is 22.4. The zero-order valence-corrected chi connectivity index (χ0v) is 11.8. The zero-order valence-electron chi connectivity index (χ0n) is 11.8. The summed E-state index contributed by atoms with van der Waals surface area (Å²) in [4.78, 5) is 2.19. The summed E-state index contributed by atoms with van der Waals surface area (Å²) < 4.78 is 5.27. The van der Waals surface area contributed by atoms with Crippen molar-refractivity contribution in [1.29, 1.82) is 0 Å². The van der Waals surface area contributed by atoms with Crippen LogP contribution in [0.5, 0.6) is 5.75 Å². The average Bonchev–Trinajstić information content (AvgIpc) is 2.48. The predicted molar refractivity (Wildman–Crippen MR) is 78.6 cm³/mol. The summed E-state index contributed by atoms with van der Waals surface area (Å²) in [7, 11) is 3.70. The third-order valence-corrected chi connectivity index (χ3v) is 4.01. The lowest BCUT2D eigenvalue weighted by Gasteiger charge is -2.38. The molecule has 2 aromatic rings. The second-order valence-corrected chi connectivity index (χ2v) is 5.28. The maximum atomic E-state index is 10.8. The summed E-state index contributed by atoms with van der Waals surface area (Å²) in [6.07, 6.45) is -0.541. The molecule has 0 saturated carbocycles. The number of nitrogens with zero attached hydrogens (tertiary/aromatic N) is 1. The van der Waals surface area contributed by atoms with E-state index in [-0.39, 0.29) is 6.04 Å². The van der Waals surface area contributed by atoms with Gasteiger partial charge < -0.3 is 9.84 Å². The number of rotatable bonds is 2. The number of benzene rings is 2. The van der Waals surface area contributed by atoms with Crippen molar-refractivity contribution in [3.8, 4) is 5.75 Å². The standard InChI is InChI=1S/C17H19NO2/c1-18-11-13-8-9-14(20-2)10-15(13)17(19)16(18)12-6-4-3-5-7-12/h3-10,16-17,19H,11H2,1-2H3/t16-,17+/m1/s1. The van der Waals surface area contributed by atoms with Crippen molar-refractivity contribution in [1.82, 2.24) is 4.90 Å². The number of aliphatic hydroxyl groups is 1. The molecule has 20 heavy (non-hydrogen) atoms. The van der Waals surface area contributed by atoms with Crippen molar-refractivity contribution < 1.29 is 9.84 Å². The highest BCUT2D eigenvalue weighted by molar-refractivity contribution is 5.40. The lowest BCUT2D eigenvalue weighted by Crippen LogP contribution is -2.34. The fraction of sp³-hybridized carbons (Fsp3) is 0.294. The molecule has 1 aliphatic rings. The molecule has 0 radical (unpaired) electrons. The molecule has 104 valence electrons. The van der Waals surface area contributed by atoms with E-state index >= 15 is 0 Å². The van der Waals surface area contributed by atoms with E-state index in [1.807, 2.05) is 43.4 Å². The molecule has 0 fully saturated rings. The van der Waals surface area contributed by atoms with Crippen LogP contribution in [0.25, 0.3) is 0 Å². The van der Waals surface area contributed by atoms with Crippen LogP contribution in [0.1, 0.15) is 28.8 Å². The number of hydrogen-bond acceptors (Lipinski definition) is 3. The van der Waals surface area contributed by atoms with Gasteiger partial charge in [-0.2, -0.15) is 0 Å². The Kier molecular flexibility index (Phi) is 3.47. The summed E-state index contributed by atoms with van der Waals surface area (Å²) in [5.41, 5.74) is 3.26. The Morgan fingerprint density at radius 1 is 1.15 bits per heavy atom. The Morgan fingerprint density at radius 3 is 2.60 bits per heavy atom. The van der Waals surface area contributed by atoms with E-state index < -0.39 is 6.10 Å². The van der Waals surface area contributed by atoms with E-state index in [1.165, 1.54) is 0 Å². The van der Waals surface area contributed by atoms with Crippen LogP contribution >= 0.6 is 0 Å². The molecule has 0 saturated heterocycles.